The van der Waals surface area contributed by atoms with Gasteiger partial charge < -0.3 is 19.7 Å². The third-order valence-corrected chi connectivity index (χ3v) is 5.78. The fourth-order valence-corrected chi connectivity index (χ4v) is 4.45. The molecule has 2 aromatic carbocycles. The minimum absolute atomic E-state index is 0. The number of ether oxygens (including phenoxy) is 2. The van der Waals surface area contributed by atoms with E-state index in [9.17, 15) is 9.59 Å². The highest BCUT2D eigenvalue weighted by molar-refractivity contribution is 5.99. The van der Waals surface area contributed by atoms with Gasteiger partial charge in [-0.3, -0.25) is 4.79 Å². The second-order valence-electron chi connectivity index (χ2n) is 7.34. The summed E-state index contributed by atoms with van der Waals surface area (Å²) in [4.78, 5) is 27.4. The number of carbonyl (C=O) groups excluding carboxylic acids is 2. The molecule has 2 saturated heterocycles. The fraction of sp³-hybridized carbons (Fsp3) is 0.364. The third-order valence-electron chi connectivity index (χ3n) is 5.78. The van der Waals surface area contributed by atoms with E-state index in [1.807, 2.05) is 23.1 Å². The Bertz CT molecular complexity index is 890. The summed E-state index contributed by atoms with van der Waals surface area (Å²) < 4.78 is 10.1. The molecule has 3 atom stereocenters. The van der Waals surface area contributed by atoms with Crippen molar-refractivity contribution in [2.75, 3.05) is 33.9 Å². The van der Waals surface area contributed by atoms with Gasteiger partial charge >= 0.3 is 5.97 Å². The molecule has 0 bridgehead atoms. The smallest absolute Gasteiger partial charge is 0.338 e. The van der Waals surface area contributed by atoms with Crippen LogP contribution in [0.15, 0.2) is 48.5 Å². The Morgan fingerprint density at radius 3 is 2.45 bits per heavy atom. The summed E-state index contributed by atoms with van der Waals surface area (Å²) in [5.41, 5.74) is 1.89. The van der Waals surface area contributed by atoms with E-state index in [0.717, 1.165) is 18.7 Å². The number of hydrogen-bond donors (Lipinski definition) is 1. The van der Waals surface area contributed by atoms with Crippen molar-refractivity contribution < 1.29 is 19.1 Å². The van der Waals surface area contributed by atoms with Crippen molar-refractivity contribution in [2.45, 2.75) is 6.04 Å². The summed E-state index contributed by atoms with van der Waals surface area (Å²) in [5, 5.41) is 3.45. The number of hydrogen-bond acceptors (Lipinski definition) is 5. The molecule has 7 heteroatoms. The number of likely N-dealkylation sites (tertiary alicyclic amines) is 1. The first kappa shape index (κ1) is 21.1. The maximum Gasteiger partial charge on any atom is 0.338 e. The van der Waals surface area contributed by atoms with Gasteiger partial charge in [0.1, 0.15) is 5.75 Å². The molecule has 2 heterocycles. The topological polar surface area (TPSA) is 67.9 Å². The minimum atomic E-state index is -0.491. The van der Waals surface area contributed by atoms with Crippen LogP contribution in [-0.2, 0) is 4.74 Å². The van der Waals surface area contributed by atoms with Crippen molar-refractivity contribution in [3.8, 4) is 5.75 Å². The largest absolute Gasteiger partial charge is 0.497 e. The second kappa shape index (κ2) is 8.84. The normalized spacial score (nSPS) is 22.6. The van der Waals surface area contributed by atoms with Crippen LogP contribution < -0.4 is 10.1 Å². The lowest BCUT2D eigenvalue weighted by molar-refractivity contribution is 0.0600. The van der Waals surface area contributed by atoms with E-state index < -0.39 is 5.97 Å². The Hall–Kier alpha value is -2.57. The zero-order chi connectivity index (χ0) is 19.7. The highest BCUT2D eigenvalue weighted by atomic mass is 35.5. The summed E-state index contributed by atoms with van der Waals surface area (Å²) in [6, 6.07) is 15.0. The molecule has 1 N–H and O–H groups in total. The predicted molar refractivity (Wildman–Crippen MR) is 112 cm³/mol. The molecule has 2 aliphatic heterocycles. The molecule has 29 heavy (non-hydrogen) atoms. The lowest BCUT2D eigenvalue weighted by Crippen LogP contribution is -2.34. The van der Waals surface area contributed by atoms with Crippen LogP contribution in [0.25, 0.3) is 0 Å². The molecule has 0 unspecified atom stereocenters. The lowest BCUT2D eigenvalue weighted by atomic mass is 9.89. The molecule has 1 amide bonds. The number of nitrogens with one attached hydrogen (secondary N) is 1. The van der Waals surface area contributed by atoms with Gasteiger partial charge in [0.25, 0.3) is 5.91 Å². The summed E-state index contributed by atoms with van der Waals surface area (Å²) in [7, 11) is 2.84. The van der Waals surface area contributed by atoms with Crippen LogP contribution in [0, 0.1) is 11.8 Å². The molecule has 6 nitrogen and oxygen atoms in total. The maximum atomic E-state index is 13.5. The molecule has 2 fully saturated rings. The highest BCUT2D eigenvalue weighted by Crippen LogP contribution is 2.43. The van der Waals surface area contributed by atoms with Crippen LogP contribution in [0.5, 0.6) is 5.75 Å². The maximum absolute atomic E-state index is 13.5. The van der Waals surface area contributed by atoms with Gasteiger partial charge in [-0.25, -0.2) is 4.79 Å². The Morgan fingerprint density at radius 2 is 1.76 bits per heavy atom. The van der Waals surface area contributed by atoms with E-state index >= 15 is 0 Å². The number of rotatable bonds is 4. The zero-order valence-corrected chi connectivity index (χ0v) is 17.3. The van der Waals surface area contributed by atoms with Crippen LogP contribution in [0.2, 0.25) is 0 Å². The molecule has 0 radical (unpaired) electrons. The average molecular weight is 417 g/mol. The number of carbonyl (C=O) groups is 2. The van der Waals surface area contributed by atoms with Gasteiger partial charge in [-0.05, 0) is 29.7 Å². The van der Waals surface area contributed by atoms with Crippen LogP contribution in [0.3, 0.4) is 0 Å². The SMILES string of the molecule is COC(=O)c1cc(OC)cc(C(=O)N2C[C@@H]3CNC[C@@H]3[C@H]2c2ccccc2)c1.Cl. The Kier molecular flexibility index (Phi) is 6.45. The summed E-state index contributed by atoms with van der Waals surface area (Å²) in [5.74, 6) is 0.697. The van der Waals surface area contributed by atoms with Gasteiger partial charge in [0, 0.05) is 31.1 Å². The zero-order valence-electron chi connectivity index (χ0n) is 16.5. The van der Waals surface area contributed by atoms with E-state index in [0.29, 0.717) is 35.3 Å². The highest BCUT2D eigenvalue weighted by Gasteiger charge is 2.46. The predicted octanol–water partition coefficient (Wildman–Crippen LogP) is 2.94. The number of amides is 1. The van der Waals surface area contributed by atoms with Crippen molar-refractivity contribution in [2.24, 2.45) is 11.8 Å². The molecule has 0 saturated carbocycles. The molecular weight excluding hydrogens is 392 g/mol. The van der Waals surface area contributed by atoms with Crippen LogP contribution in [0.4, 0.5) is 0 Å². The molecule has 0 aliphatic carbocycles. The Morgan fingerprint density at radius 1 is 1.03 bits per heavy atom. The first-order chi connectivity index (χ1) is 13.6. The van der Waals surface area contributed by atoms with Gasteiger partial charge in [-0.2, -0.15) is 0 Å². The number of benzene rings is 2. The molecular formula is C22H25ClN2O4. The number of halogens is 1. The van der Waals surface area contributed by atoms with Gasteiger partial charge in [0.2, 0.25) is 0 Å². The summed E-state index contributed by atoms with van der Waals surface area (Å²) >= 11 is 0. The second-order valence-corrected chi connectivity index (χ2v) is 7.34. The molecule has 0 spiro atoms. The van der Waals surface area contributed by atoms with Crippen LogP contribution >= 0.6 is 12.4 Å². The van der Waals surface area contributed by atoms with E-state index in [2.05, 4.69) is 17.4 Å². The van der Waals surface area contributed by atoms with Crippen molar-refractivity contribution in [1.29, 1.82) is 0 Å². The Balaban J connectivity index is 0.00000240. The van der Waals surface area contributed by atoms with Crippen LogP contribution in [-0.4, -0.2) is 50.6 Å². The minimum Gasteiger partial charge on any atom is -0.497 e. The molecule has 2 aliphatic rings. The first-order valence-electron chi connectivity index (χ1n) is 9.46. The van der Waals surface area contributed by atoms with Crippen molar-refractivity contribution in [3.05, 3.63) is 65.2 Å². The molecule has 0 aromatic heterocycles. The number of methoxy groups -OCH3 is 2. The number of esters is 1. The summed E-state index contributed by atoms with van der Waals surface area (Å²) in [6.07, 6.45) is 0. The van der Waals surface area contributed by atoms with Crippen molar-refractivity contribution in [1.82, 2.24) is 10.2 Å². The summed E-state index contributed by atoms with van der Waals surface area (Å²) in [6.45, 7) is 2.52. The van der Waals surface area contributed by atoms with E-state index in [-0.39, 0.29) is 24.4 Å². The first-order valence-corrected chi connectivity index (χ1v) is 9.46. The third kappa shape index (κ3) is 3.95. The molecule has 2 aromatic rings. The van der Waals surface area contributed by atoms with Crippen molar-refractivity contribution >= 4 is 24.3 Å². The van der Waals surface area contributed by atoms with Crippen molar-refractivity contribution in [3.63, 3.8) is 0 Å². The number of fused-ring (bicyclic) bond motifs is 1. The Labute approximate surface area is 176 Å². The van der Waals surface area contributed by atoms with Gasteiger partial charge in [-0.15, -0.1) is 12.4 Å². The van der Waals surface area contributed by atoms with Crippen LogP contribution in [0.1, 0.15) is 32.3 Å². The van der Waals surface area contributed by atoms with E-state index in [4.69, 9.17) is 9.47 Å². The van der Waals surface area contributed by atoms with E-state index in [1.54, 1.807) is 18.2 Å². The standard InChI is InChI=1S/C22H24N2O4.ClH/c1-27-18-9-15(8-16(10-18)22(26)28-2)21(25)24-13-17-11-23-12-19(17)20(24)14-6-4-3-5-7-14;/h3-10,17,19-20,23H,11-13H2,1-2H3;1H/t17-,19-,20+;/m0./s1. The lowest BCUT2D eigenvalue weighted by Gasteiger charge is -2.28. The van der Waals surface area contributed by atoms with Gasteiger partial charge in [0.15, 0.2) is 0 Å². The van der Waals surface area contributed by atoms with Gasteiger partial charge in [-0.1, -0.05) is 30.3 Å². The number of nitrogens with zero attached hydrogens (tertiary/aromatic N) is 1. The molecule has 154 valence electrons. The molecule has 4 rings (SSSR count). The quantitative estimate of drug-likeness (QED) is 0.776. The fourth-order valence-electron chi connectivity index (χ4n) is 4.45. The van der Waals surface area contributed by atoms with E-state index in [1.165, 1.54) is 14.2 Å². The monoisotopic (exact) mass is 416 g/mol. The van der Waals surface area contributed by atoms with Gasteiger partial charge in [0.05, 0.1) is 25.8 Å². The average Bonchev–Trinajstić information content (AvgIpc) is 3.34.